The van der Waals surface area contributed by atoms with Crippen molar-refractivity contribution in [1.29, 1.82) is 0 Å². The Morgan fingerprint density at radius 1 is 1.03 bits per heavy atom. The largest absolute Gasteiger partial charge is 0.494 e. The Balaban J connectivity index is 1.76. The average molecular weight is 501 g/mol. The quantitative estimate of drug-likeness (QED) is 0.468. The SMILES string of the molecule is COc1cccc(OC)c1-n1c(NS(=O)(=O)[C@@H](C)[C@H](C)c2ncc(C)cn2)nnc1C1CCCC1. The van der Waals surface area contributed by atoms with Gasteiger partial charge in [-0.1, -0.05) is 25.8 Å². The zero-order valence-corrected chi connectivity index (χ0v) is 21.5. The lowest BCUT2D eigenvalue weighted by Crippen LogP contribution is -2.31. The van der Waals surface area contributed by atoms with Crippen LogP contribution in [0.2, 0.25) is 0 Å². The molecule has 2 aromatic heterocycles. The zero-order valence-electron chi connectivity index (χ0n) is 20.7. The lowest BCUT2D eigenvalue weighted by molar-refractivity contribution is 0.390. The summed E-state index contributed by atoms with van der Waals surface area (Å²) < 4.78 is 42.6. The van der Waals surface area contributed by atoms with Crippen molar-refractivity contribution < 1.29 is 17.9 Å². The molecule has 0 spiro atoms. The highest BCUT2D eigenvalue weighted by Crippen LogP contribution is 2.40. The normalized spacial score (nSPS) is 16.1. The van der Waals surface area contributed by atoms with E-state index in [1.54, 1.807) is 57.2 Å². The van der Waals surface area contributed by atoms with Crippen LogP contribution in [0.5, 0.6) is 11.5 Å². The first-order chi connectivity index (χ1) is 16.8. The van der Waals surface area contributed by atoms with Crippen molar-refractivity contribution in [1.82, 2.24) is 24.7 Å². The minimum absolute atomic E-state index is 0.0959. The van der Waals surface area contributed by atoms with E-state index in [1.807, 2.05) is 13.0 Å². The van der Waals surface area contributed by atoms with Crippen LogP contribution in [0.15, 0.2) is 30.6 Å². The van der Waals surface area contributed by atoms with Gasteiger partial charge in [-0.05, 0) is 44.4 Å². The summed E-state index contributed by atoms with van der Waals surface area (Å²) in [6.45, 7) is 5.32. The Labute approximate surface area is 206 Å². The second kappa shape index (κ2) is 10.2. The molecule has 188 valence electrons. The van der Waals surface area contributed by atoms with Gasteiger partial charge in [0.05, 0.1) is 19.5 Å². The first-order valence-electron chi connectivity index (χ1n) is 11.7. The van der Waals surface area contributed by atoms with E-state index in [1.165, 1.54) is 0 Å². The molecule has 3 aromatic rings. The van der Waals surface area contributed by atoms with Gasteiger partial charge in [-0.15, -0.1) is 10.2 Å². The van der Waals surface area contributed by atoms with Crippen LogP contribution in [0.4, 0.5) is 5.95 Å². The Morgan fingerprint density at radius 3 is 2.20 bits per heavy atom. The minimum Gasteiger partial charge on any atom is -0.494 e. The van der Waals surface area contributed by atoms with Gasteiger partial charge in [0, 0.05) is 24.2 Å². The fourth-order valence-electron chi connectivity index (χ4n) is 4.42. The van der Waals surface area contributed by atoms with Gasteiger partial charge in [-0.3, -0.25) is 9.29 Å². The number of anilines is 1. The molecule has 4 rings (SSSR count). The predicted molar refractivity (Wildman–Crippen MR) is 133 cm³/mol. The van der Waals surface area contributed by atoms with Crippen LogP contribution in [0.3, 0.4) is 0 Å². The number of rotatable bonds is 9. The van der Waals surface area contributed by atoms with E-state index in [2.05, 4.69) is 24.9 Å². The monoisotopic (exact) mass is 500 g/mol. The minimum atomic E-state index is -3.89. The molecule has 1 aliphatic rings. The molecule has 1 aliphatic carbocycles. The number of aryl methyl sites for hydroxylation is 1. The highest BCUT2D eigenvalue weighted by molar-refractivity contribution is 7.93. The van der Waals surface area contributed by atoms with Crippen molar-refractivity contribution in [2.75, 3.05) is 18.9 Å². The lowest BCUT2D eigenvalue weighted by atomic mass is 10.1. The fraction of sp³-hybridized carbons (Fsp3) is 0.500. The van der Waals surface area contributed by atoms with E-state index in [0.717, 1.165) is 31.2 Å². The van der Waals surface area contributed by atoms with Crippen LogP contribution in [0.25, 0.3) is 5.69 Å². The third-order valence-corrected chi connectivity index (χ3v) is 8.52. The van der Waals surface area contributed by atoms with Gasteiger partial charge in [0.15, 0.2) is 0 Å². The van der Waals surface area contributed by atoms with Crippen molar-refractivity contribution in [3.8, 4) is 17.2 Å². The standard InChI is InChI=1S/C24H32N6O4S/c1-15-13-25-22(26-14-15)16(2)17(3)35(31,32)29-24-28-27-23(18-9-6-7-10-18)30(24)21-19(33-4)11-8-12-20(21)34-5/h8,11-14,16-18H,6-7,9-10H2,1-5H3,(H,28,29)/t16-,17-/m0/s1. The summed E-state index contributed by atoms with van der Waals surface area (Å²) in [7, 11) is -0.761. The molecule has 10 nitrogen and oxygen atoms in total. The van der Waals surface area contributed by atoms with E-state index < -0.39 is 21.2 Å². The maximum Gasteiger partial charge on any atom is 0.243 e. The molecule has 1 N–H and O–H groups in total. The Bertz CT molecular complexity index is 1250. The molecule has 2 heterocycles. The molecule has 0 amide bonds. The summed E-state index contributed by atoms with van der Waals surface area (Å²) in [6.07, 6.45) is 7.47. The van der Waals surface area contributed by atoms with Gasteiger partial charge in [0.2, 0.25) is 16.0 Å². The van der Waals surface area contributed by atoms with Crippen LogP contribution in [0.1, 0.15) is 68.6 Å². The number of hydrogen-bond acceptors (Lipinski definition) is 8. The molecular formula is C24H32N6O4S. The maximum atomic E-state index is 13.5. The van der Waals surface area contributed by atoms with E-state index in [0.29, 0.717) is 28.8 Å². The van der Waals surface area contributed by atoms with Gasteiger partial charge >= 0.3 is 0 Å². The smallest absolute Gasteiger partial charge is 0.243 e. The number of benzene rings is 1. The summed E-state index contributed by atoms with van der Waals surface area (Å²) >= 11 is 0. The third-order valence-electron chi connectivity index (χ3n) is 6.67. The molecule has 1 aromatic carbocycles. The van der Waals surface area contributed by atoms with E-state index in [-0.39, 0.29) is 11.9 Å². The first kappa shape index (κ1) is 24.9. The fourth-order valence-corrected chi connectivity index (χ4v) is 5.65. The molecule has 0 aliphatic heterocycles. The van der Waals surface area contributed by atoms with E-state index in [4.69, 9.17) is 9.47 Å². The predicted octanol–water partition coefficient (Wildman–Crippen LogP) is 3.97. The van der Waals surface area contributed by atoms with Gasteiger partial charge < -0.3 is 9.47 Å². The lowest BCUT2D eigenvalue weighted by Gasteiger charge is -2.22. The number of hydrogen-bond donors (Lipinski definition) is 1. The number of nitrogens with zero attached hydrogens (tertiary/aromatic N) is 5. The molecule has 0 saturated heterocycles. The van der Waals surface area contributed by atoms with Crippen LogP contribution in [0, 0.1) is 6.92 Å². The molecule has 0 unspecified atom stereocenters. The number of ether oxygens (including phenoxy) is 2. The van der Waals surface area contributed by atoms with Crippen molar-refractivity contribution in [3.05, 3.63) is 47.8 Å². The van der Waals surface area contributed by atoms with E-state index in [9.17, 15) is 8.42 Å². The van der Waals surface area contributed by atoms with Crippen molar-refractivity contribution >= 4 is 16.0 Å². The maximum absolute atomic E-state index is 13.5. The second-order valence-corrected chi connectivity index (χ2v) is 11.0. The molecular weight excluding hydrogens is 468 g/mol. The van der Waals surface area contributed by atoms with Crippen molar-refractivity contribution in [2.24, 2.45) is 0 Å². The summed E-state index contributed by atoms with van der Waals surface area (Å²) in [5.41, 5.74) is 1.47. The first-order valence-corrected chi connectivity index (χ1v) is 13.3. The second-order valence-electron chi connectivity index (χ2n) is 8.97. The Kier molecular flexibility index (Phi) is 7.25. The molecule has 11 heteroatoms. The molecule has 35 heavy (non-hydrogen) atoms. The number of methoxy groups -OCH3 is 2. The molecule has 1 saturated carbocycles. The van der Waals surface area contributed by atoms with Crippen LogP contribution in [-0.2, 0) is 10.0 Å². The Hall–Kier alpha value is -3.21. The van der Waals surface area contributed by atoms with Gasteiger partial charge in [0.1, 0.15) is 28.8 Å². The highest BCUT2D eigenvalue weighted by Gasteiger charge is 2.33. The van der Waals surface area contributed by atoms with Crippen molar-refractivity contribution in [3.63, 3.8) is 0 Å². The van der Waals surface area contributed by atoms with Crippen LogP contribution < -0.4 is 14.2 Å². The topological polar surface area (TPSA) is 121 Å². The molecule has 2 atom stereocenters. The summed E-state index contributed by atoms with van der Waals surface area (Å²) in [6, 6.07) is 5.41. The van der Waals surface area contributed by atoms with Crippen LogP contribution >= 0.6 is 0 Å². The average Bonchev–Trinajstić information content (AvgIpc) is 3.52. The summed E-state index contributed by atoms with van der Waals surface area (Å²) in [5.74, 6) is 2.01. The summed E-state index contributed by atoms with van der Waals surface area (Å²) in [5, 5.41) is 7.88. The Morgan fingerprint density at radius 2 is 1.63 bits per heavy atom. The van der Waals surface area contributed by atoms with Gasteiger partial charge in [0.25, 0.3) is 0 Å². The third kappa shape index (κ3) is 4.95. The van der Waals surface area contributed by atoms with Gasteiger partial charge in [-0.2, -0.15) is 0 Å². The number of sulfonamides is 1. The number of aromatic nitrogens is 5. The summed E-state index contributed by atoms with van der Waals surface area (Å²) in [4.78, 5) is 8.63. The highest BCUT2D eigenvalue weighted by atomic mass is 32.2. The van der Waals surface area contributed by atoms with Crippen molar-refractivity contribution in [2.45, 2.75) is 63.5 Å². The molecule has 0 bridgehead atoms. The van der Waals surface area contributed by atoms with Crippen LogP contribution in [-0.4, -0.2) is 52.6 Å². The van der Waals surface area contributed by atoms with Gasteiger partial charge in [-0.25, -0.2) is 18.4 Å². The number of nitrogens with one attached hydrogen (secondary N) is 1. The molecule has 1 fully saturated rings. The number of para-hydroxylation sites is 1. The molecule has 0 radical (unpaired) electrons. The van der Waals surface area contributed by atoms with E-state index >= 15 is 0 Å². The zero-order chi connectivity index (χ0) is 25.2.